The summed E-state index contributed by atoms with van der Waals surface area (Å²) in [5.74, 6) is 0.507. The highest BCUT2D eigenvalue weighted by molar-refractivity contribution is 5.10. The van der Waals surface area contributed by atoms with Crippen molar-refractivity contribution >= 4 is 0 Å². The maximum absolute atomic E-state index is 5.83. The summed E-state index contributed by atoms with van der Waals surface area (Å²) in [7, 11) is 2.00. The summed E-state index contributed by atoms with van der Waals surface area (Å²) in [5.41, 5.74) is 8.45. The normalized spacial score (nSPS) is 14.3. The zero-order valence-corrected chi connectivity index (χ0v) is 10.5. The molecule has 15 heavy (non-hydrogen) atoms. The molecule has 0 bridgehead atoms. The molecule has 0 amide bonds. The molecule has 0 radical (unpaired) electrons. The topological polar surface area (TPSA) is 43.8 Å². The number of aryl methyl sites for hydroxylation is 2. The van der Waals surface area contributed by atoms with Crippen LogP contribution in [-0.2, 0) is 13.5 Å². The molecular formula is C12H23N3. The zero-order chi connectivity index (χ0) is 11.6. The van der Waals surface area contributed by atoms with Crippen molar-refractivity contribution in [2.24, 2.45) is 24.1 Å². The molecule has 0 fully saturated rings. The van der Waals surface area contributed by atoms with Crippen LogP contribution >= 0.6 is 0 Å². The van der Waals surface area contributed by atoms with Crippen LogP contribution in [-0.4, -0.2) is 16.3 Å². The standard InChI is InChI=1S/C12H23N3/c1-9-6-11(15(5)14-9)7-10(8-13)12(2,3)4/h6,10H,7-8,13H2,1-5H3. The van der Waals surface area contributed by atoms with Gasteiger partial charge in [-0.2, -0.15) is 5.10 Å². The van der Waals surface area contributed by atoms with Crippen molar-refractivity contribution in [2.45, 2.75) is 34.1 Å². The lowest BCUT2D eigenvalue weighted by Gasteiger charge is -2.29. The van der Waals surface area contributed by atoms with E-state index in [4.69, 9.17) is 5.73 Å². The summed E-state index contributed by atoms with van der Waals surface area (Å²) in [5, 5.41) is 4.36. The third-order valence-electron chi connectivity index (χ3n) is 3.06. The lowest BCUT2D eigenvalue weighted by molar-refractivity contribution is 0.242. The van der Waals surface area contributed by atoms with Gasteiger partial charge in [0, 0.05) is 12.7 Å². The molecule has 1 atom stereocenters. The molecule has 1 aromatic rings. The number of nitrogens with zero attached hydrogens (tertiary/aromatic N) is 2. The van der Waals surface area contributed by atoms with E-state index in [1.807, 2.05) is 18.7 Å². The number of nitrogens with two attached hydrogens (primary N) is 1. The predicted molar refractivity (Wildman–Crippen MR) is 63.6 cm³/mol. The molecule has 0 saturated heterocycles. The highest BCUT2D eigenvalue weighted by Gasteiger charge is 2.24. The molecule has 0 aliphatic rings. The molecule has 1 aromatic heterocycles. The van der Waals surface area contributed by atoms with Crippen LogP contribution in [0.15, 0.2) is 6.07 Å². The molecule has 3 heteroatoms. The molecule has 0 aliphatic carbocycles. The van der Waals surface area contributed by atoms with E-state index in [-0.39, 0.29) is 5.41 Å². The highest BCUT2D eigenvalue weighted by Crippen LogP contribution is 2.28. The smallest absolute Gasteiger partial charge is 0.0596 e. The predicted octanol–water partition coefficient (Wildman–Crippen LogP) is 1.89. The van der Waals surface area contributed by atoms with Gasteiger partial charge in [-0.15, -0.1) is 0 Å². The summed E-state index contributed by atoms with van der Waals surface area (Å²) in [6, 6.07) is 2.15. The lowest BCUT2D eigenvalue weighted by atomic mass is 9.78. The van der Waals surface area contributed by atoms with Crippen molar-refractivity contribution < 1.29 is 0 Å². The molecule has 3 nitrogen and oxygen atoms in total. The van der Waals surface area contributed by atoms with E-state index >= 15 is 0 Å². The Hall–Kier alpha value is -0.830. The molecular weight excluding hydrogens is 186 g/mol. The monoisotopic (exact) mass is 209 g/mol. The van der Waals surface area contributed by atoms with E-state index in [1.54, 1.807) is 0 Å². The Morgan fingerprint density at radius 3 is 2.40 bits per heavy atom. The first kappa shape index (κ1) is 12.2. The number of hydrogen-bond donors (Lipinski definition) is 1. The van der Waals surface area contributed by atoms with Gasteiger partial charge in [0.1, 0.15) is 0 Å². The Labute approximate surface area is 92.7 Å². The van der Waals surface area contributed by atoms with Crippen LogP contribution in [0.2, 0.25) is 0 Å². The van der Waals surface area contributed by atoms with Crippen LogP contribution in [0.4, 0.5) is 0 Å². The van der Waals surface area contributed by atoms with Gasteiger partial charge in [-0.25, -0.2) is 0 Å². The van der Waals surface area contributed by atoms with E-state index in [9.17, 15) is 0 Å². The first-order chi connectivity index (χ1) is 6.84. The second-order valence-electron chi connectivity index (χ2n) is 5.40. The minimum absolute atomic E-state index is 0.257. The van der Waals surface area contributed by atoms with E-state index in [0.717, 1.165) is 18.7 Å². The Morgan fingerprint density at radius 2 is 2.07 bits per heavy atom. The van der Waals surface area contributed by atoms with Crippen LogP contribution < -0.4 is 5.73 Å². The van der Waals surface area contributed by atoms with Crippen LogP contribution in [0.3, 0.4) is 0 Å². The molecule has 1 unspecified atom stereocenters. The third-order valence-corrected chi connectivity index (χ3v) is 3.06. The van der Waals surface area contributed by atoms with Crippen LogP contribution in [0.5, 0.6) is 0 Å². The highest BCUT2D eigenvalue weighted by atomic mass is 15.3. The van der Waals surface area contributed by atoms with Crippen LogP contribution in [0, 0.1) is 18.3 Å². The zero-order valence-electron chi connectivity index (χ0n) is 10.5. The fourth-order valence-corrected chi connectivity index (χ4v) is 1.85. The van der Waals surface area contributed by atoms with Gasteiger partial charge in [0.05, 0.1) is 5.69 Å². The van der Waals surface area contributed by atoms with Gasteiger partial charge < -0.3 is 5.73 Å². The number of hydrogen-bond acceptors (Lipinski definition) is 2. The van der Waals surface area contributed by atoms with Gasteiger partial charge in [0.15, 0.2) is 0 Å². The molecule has 86 valence electrons. The lowest BCUT2D eigenvalue weighted by Crippen LogP contribution is -2.30. The first-order valence-corrected chi connectivity index (χ1v) is 5.54. The van der Waals surface area contributed by atoms with Crippen molar-refractivity contribution in [1.29, 1.82) is 0 Å². The summed E-state index contributed by atoms with van der Waals surface area (Å²) in [4.78, 5) is 0. The maximum atomic E-state index is 5.83. The summed E-state index contributed by atoms with van der Waals surface area (Å²) in [6.07, 6.45) is 1.01. The Morgan fingerprint density at radius 1 is 1.47 bits per heavy atom. The Bertz CT molecular complexity index is 320. The van der Waals surface area contributed by atoms with Gasteiger partial charge in [-0.1, -0.05) is 20.8 Å². The fourth-order valence-electron chi connectivity index (χ4n) is 1.85. The second kappa shape index (κ2) is 4.35. The van der Waals surface area contributed by atoms with Gasteiger partial charge in [-0.05, 0) is 37.3 Å². The largest absolute Gasteiger partial charge is 0.330 e. The van der Waals surface area contributed by atoms with Gasteiger partial charge in [-0.3, -0.25) is 4.68 Å². The maximum Gasteiger partial charge on any atom is 0.0596 e. The van der Waals surface area contributed by atoms with Gasteiger partial charge in [0.2, 0.25) is 0 Å². The van der Waals surface area contributed by atoms with Crippen molar-refractivity contribution in [1.82, 2.24) is 9.78 Å². The van der Waals surface area contributed by atoms with Crippen LogP contribution in [0.25, 0.3) is 0 Å². The van der Waals surface area contributed by atoms with Crippen molar-refractivity contribution in [3.05, 3.63) is 17.5 Å². The molecule has 2 N–H and O–H groups in total. The molecule has 0 spiro atoms. The number of rotatable bonds is 3. The average molecular weight is 209 g/mol. The van der Waals surface area contributed by atoms with Crippen LogP contribution in [0.1, 0.15) is 32.2 Å². The molecule has 0 saturated carbocycles. The van der Waals surface area contributed by atoms with Gasteiger partial charge >= 0.3 is 0 Å². The van der Waals surface area contributed by atoms with E-state index in [1.165, 1.54) is 5.69 Å². The molecule has 0 aliphatic heterocycles. The summed E-state index contributed by atoms with van der Waals surface area (Å²) < 4.78 is 1.96. The van der Waals surface area contributed by atoms with Crippen molar-refractivity contribution in [3.63, 3.8) is 0 Å². The number of aromatic nitrogens is 2. The Balaban J connectivity index is 2.80. The minimum Gasteiger partial charge on any atom is -0.330 e. The van der Waals surface area contributed by atoms with Crippen molar-refractivity contribution in [2.75, 3.05) is 6.54 Å². The van der Waals surface area contributed by atoms with E-state index < -0.39 is 0 Å². The van der Waals surface area contributed by atoms with E-state index in [0.29, 0.717) is 5.92 Å². The Kier molecular flexibility index (Phi) is 3.55. The molecule has 1 heterocycles. The van der Waals surface area contributed by atoms with Gasteiger partial charge in [0.25, 0.3) is 0 Å². The fraction of sp³-hybridized carbons (Fsp3) is 0.750. The summed E-state index contributed by atoms with van der Waals surface area (Å²) >= 11 is 0. The molecule has 0 aromatic carbocycles. The summed E-state index contributed by atoms with van der Waals surface area (Å²) in [6.45, 7) is 9.49. The second-order valence-corrected chi connectivity index (χ2v) is 5.40. The quantitative estimate of drug-likeness (QED) is 0.826. The van der Waals surface area contributed by atoms with Crippen molar-refractivity contribution in [3.8, 4) is 0 Å². The van der Waals surface area contributed by atoms with E-state index in [2.05, 4.69) is 31.9 Å². The first-order valence-electron chi connectivity index (χ1n) is 5.54. The third kappa shape index (κ3) is 3.06. The average Bonchev–Trinajstić information content (AvgIpc) is 2.38. The molecule has 1 rings (SSSR count). The minimum atomic E-state index is 0.257. The SMILES string of the molecule is Cc1cc(CC(CN)C(C)(C)C)n(C)n1.